The van der Waals surface area contributed by atoms with Crippen molar-refractivity contribution in [3.05, 3.63) is 35.4 Å². The fourth-order valence-electron chi connectivity index (χ4n) is 3.75. The maximum Gasteiger partial charge on any atom is 0.251 e. The van der Waals surface area contributed by atoms with Crippen LogP contribution in [0.15, 0.2) is 24.3 Å². The van der Waals surface area contributed by atoms with Gasteiger partial charge in [0.05, 0.1) is 6.26 Å². The Bertz CT molecular complexity index is 704. The average molecular weight is 380 g/mol. The van der Waals surface area contributed by atoms with Crippen LogP contribution < -0.4 is 5.32 Å². The molecule has 1 aliphatic heterocycles. The zero-order chi connectivity index (χ0) is 18.6. The van der Waals surface area contributed by atoms with E-state index in [4.69, 9.17) is 0 Å². The molecule has 1 aromatic carbocycles. The van der Waals surface area contributed by atoms with Gasteiger partial charge in [0.25, 0.3) is 5.91 Å². The first-order valence-corrected chi connectivity index (χ1v) is 11.3. The average Bonchev–Trinajstić information content (AvgIpc) is 2.63. The Kier molecular flexibility index (Phi) is 6.32. The smallest absolute Gasteiger partial charge is 0.251 e. The lowest BCUT2D eigenvalue weighted by Crippen LogP contribution is -2.47. The van der Waals surface area contributed by atoms with Crippen LogP contribution >= 0.6 is 0 Å². The molecular formula is C19H29N3O3S. The van der Waals surface area contributed by atoms with E-state index < -0.39 is 10.0 Å². The van der Waals surface area contributed by atoms with Crippen molar-refractivity contribution in [3.8, 4) is 0 Å². The Balaban J connectivity index is 1.49. The van der Waals surface area contributed by atoms with E-state index in [1.165, 1.54) is 29.8 Å². The van der Waals surface area contributed by atoms with Crippen LogP contribution in [-0.2, 0) is 16.6 Å². The second-order valence-corrected chi connectivity index (χ2v) is 9.43. The van der Waals surface area contributed by atoms with Gasteiger partial charge in [0.1, 0.15) is 0 Å². The van der Waals surface area contributed by atoms with Crippen LogP contribution in [0.2, 0.25) is 0 Å². The van der Waals surface area contributed by atoms with E-state index in [9.17, 15) is 13.2 Å². The van der Waals surface area contributed by atoms with Crippen LogP contribution in [0.25, 0.3) is 0 Å². The number of benzene rings is 1. The minimum Gasteiger partial charge on any atom is -0.349 e. The Labute approximate surface area is 156 Å². The number of amides is 1. The highest BCUT2D eigenvalue weighted by atomic mass is 32.2. The van der Waals surface area contributed by atoms with Crippen molar-refractivity contribution in [2.75, 3.05) is 32.4 Å². The second-order valence-electron chi connectivity index (χ2n) is 7.44. The van der Waals surface area contributed by atoms with Crippen LogP contribution in [0.5, 0.6) is 0 Å². The van der Waals surface area contributed by atoms with Gasteiger partial charge >= 0.3 is 0 Å². The molecule has 1 saturated heterocycles. The summed E-state index contributed by atoms with van der Waals surface area (Å²) in [7, 11) is -3.09. The first-order chi connectivity index (χ1) is 12.4. The van der Waals surface area contributed by atoms with Crippen molar-refractivity contribution in [1.82, 2.24) is 14.5 Å². The van der Waals surface area contributed by atoms with Crippen LogP contribution in [0.4, 0.5) is 0 Å². The van der Waals surface area contributed by atoms with Crippen molar-refractivity contribution >= 4 is 15.9 Å². The molecule has 2 fully saturated rings. The molecule has 1 saturated carbocycles. The number of rotatable bonds is 5. The number of carbonyl (C=O) groups is 1. The molecule has 1 aromatic rings. The Hall–Kier alpha value is -1.44. The molecule has 1 heterocycles. The van der Waals surface area contributed by atoms with Crippen LogP contribution in [-0.4, -0.2) is 62.0 Å². The molecule has 144 valence electrons. The van der Waals surface area contributed by atoms with E-state index in [1.807, 2.05) is 24.3 Å². The molecule has 0 bridgehead atoms. The largest absolute Gasteiger partial charge is 0.349 e. The molecule has 0 unspecified atom stereocenters. The van der Waals surface area contributed by atoms with Gasteiger partial charge in [-0.05, 0) is 30.5 Å². The molecule has 1 amide bonds. The summed E-state index contributed by atoms with van der Waals surface area (Å²) in [5.74, 6) is 0.0187. The normalized spacial score (nSPS) is 20.8. The van der Waals surface area contributed by atoms with Gasteiger partial charge in [-0.3, -0.25) is 9.69 Å². The van der Waals surface area contributed by atoms with Gasteiger partial charge in [-0.25, -0.2) is 8.42 Å². The summed E-state index contributed by atoms with van der Waals surface area (Å²) in [6.45, 7) is 3.33. The molecule has 6 nitrogen and oxygen atoms in total. The van der Waals surface area contributed by atoms with Gasteiger partial charge in [0.2, 0.25) is 10.0 Å². The fraction of sp³-hybridized carbons (Fsp3) is 0.632. The summed E-state index contributed by atoms with van der Waals surface area (Å²) in [5.41, 5.74) is 1.85. The zero-order valence-corrected chi connectivity index (χ0v) is 16.3. The van der Waals surface area contributed by atoms with Crippen molar-refractivity contribution in [2.45, 2.75) is 44.7 Å². The van der Waals surface area contributed by atoms with Gasteiger partial charge in [-0.15, -0.1) is 0 Å². The number of carbonyl (C=O) groups excluding carboxylic acids is 1. The topological polar surface area (TPSA) is 69.7 Å². The number of hydrogen-bond donors (Lipinski definition) is 1. The molecule has 1 N–H and O–H groups in total. The van der Waals surface area contributed by atoms with Crippen molar-refractivity contribution < 1.29 is 13.2 Å². The van der Waals surface area contributed by atoms with Gasteiger partial charge in [-0.2, -0.15) is 4.31 Å². The quantitative estimate of drug-likeness (QED) is 0.847. The number of sulfonamides is 1. The van der Waals surface area contributed by atoms with Gasteiger partial charge in [-0.1, -0.05) is 31.4 Å². The van der Waals surface area contributed by atoms with E-state index in [1.54, 1.807) is 0 Å². The number of nitrogens with one attached hydrogen (secondary N) is 1. The first-order valence-electron chi connectivity index (χ1n) is 9.49. The molecule has 0 spiro atoms. The highest BCUT2D eigenvalue weighted by Gasteiger charge is 2.23. The Morgan fingerprint density at radius 2 is 1.65 bits per heavy atom. The standard InChI is InChI=1S/C19H29N3O3S/c1-26(24,25)22-13-11-21(12-14-22)15-16-7-9-17(10-8-16)19(23)20-18-5-3-2-4-6-18/h7-10,18H,2-6,11-15H2,1H3,(H,20,23). The number of piperazine rings is 1. The Morgan fingerprint density at radius 3 is 2.23 bits per heavy atom. The maximum atomic E-state index is 12.4. The second kappa shape index (κ2) is 8.50. The SMILES string of the molecule is CS(=O)(=O)N1CCN(Cc2ccc(C(=O)NC3CCCCC3)cc2)CC1. The number of nitrogens with zero attached hydrogens (tertiary/aromatic N) is 2. The van der Waals surface area contributed by atoms with E-state index >= 15 is 0 Å². The third kappa shape index (κ3) is 5.28. The number of hydrogen-bond acceptors (Lipinski definition) is 4. The molecular weight excluding hydrogens is 350 g/mol. The molecule has 26 heavy (non-hydrogen) atoms. The zero-order valence-electron chi connectivity index (χ0n) is 15.5. The lowest BCUT2D eigenvalue weighted by Gasteiger charge is -2.33. The minimum atomic E-state index is -3.09. The molecule has 2 aliphatic rings. The van der Waals surface area contributed by atoms with E-state index in [0.717, 1.165) is 38.0 Å². The van der Waals surface area contributed by atoms with Gasteiger partial charge < -0.3 is 5.32 Å². The molecule has 3 rings (SSSR count). The van der Waals surface area contributed by atoms with Crippen molar-refractivity contribution in [3.63, 3.8) is 0 Å². The van der Waals surface area contributed by atoms with E-state index in [2.05, 4.69) is 10.2 Å². The van der Waals surface area contributed by atoms with Crippen LogP contribution in [0.1, 0.15) is 48.0 Å². The summed E-state index contributed by atoms with van der Waals surface area (Å²) in [6, 6.07) is 8.10. The predicted octanol–water partition coefficient (Wildman–Crippen LogP) is 1.83. The van der Waals surface area contributed by atoms with E-state index in [-0.39, 0.29) is 5.91 Å². The van der Waals surface area contributed by atoms with E-state index in [0.29, 0.717) is 24.7 Å². The molecule has 0 radical (unpaired) electrons. The van der Waals surface area contributed by atoms with Gasteiger partial charge in [0.15, 0.2) is 0 Å². The van der Waals surface area contributed by atoms with Crippen LogP contribution in [0, 0.1) is 0 Å². The maximum absolute atomic E-state index is 12.4. The predicted molar refractivity (Wildman–Crippen MR) is 102 cm³/mol. The summed E-state index contributed by atoms with van der Waals surface area (Å²) < 4.78 is 24.7. The highest BCUT2D eigenvalue weighted by molar-refractivity contribution is 7.88. The van der Waals surface area contributed by atoms with Crippen LogP contribution in [0.3, 0.4) is 0 Å². The molecule has 7 heteroatoms. The first kappa shape index (κ1) is 19.3. The van der Waals surface area contributed by atoms with Gasteiger partial charge in [0, 0.05) is 44.3 Å². The third-order valence-electron chi connectivity index (χ3n) is 5.36. The fourth-order valence-corrected chi connectivity index (χ4v) is 4.58. The monoisotopic (exact) mass is 379 g/mol. The molecule has 0 aromatic heterocycles. The molecule has 0 atom stereocenters. The lowest BCUT2D eigenvalue weighted by atomic mass is 9.95. The van der Waals surface area contributed by atoms with Crippen molar-refractivity contribution in [1.29, 1.82) is 0 Å². The third-order valence-corrected chi connectivity index (χ3v) is 6.67. The summed E-state index contributed by atoms with van der Waals surface area (Å²) in [4.78, 5) is 14.6. The summed E-state index contributed by atoms with van der Waals surface area (Å²) in [5, 5.41) is 3.14. The highest BCUT2D eigenvalue weighted by Crippen LogP contribution is 2.18. The van der Waals surface area contributed by atoms with Crippen molar-refractivity contribution in [2.24, 2.45) is 0 Å². The lowest BCUT2D eigenvalue weighted by molar-refractivity contribution is 0.0927. The summed E-state index contributed by atoms with van der Waals surface area (Å²) >= 11 is 0. The summed E-state index contributed by atoms with van der Waals surface area (Å²) in [6.07, 6.45) is 7.12. The minimum absolute atomic E-state index is 0.0187. The molecule has 1 aliphatic carbocycles. The Morgan fingerprint density at radius 1 is 1.04 bits per heavy atom.